The summed E-state index contributed by atoms with van der Waals surface area (Å²) in [5, 5.41) is 0.499. The molecule has 0 atom stereocenters. The number of ether oxygens (including phenoxy) is 1. The molecule has 106 valence electrons. The first-order chi connectivity index (χ1) is 9.36. The Hall–Kier alpha value is -1.88. The van der Waals surface area contributed by atoms with E-state index in [-0.39, 0.29) is 18.0 Å². The van der Waals surface area contributed by atoms with Crippen LogP contribution in [0.3, 0.4) is 0 Å². The molecule has 0 radical (unpaired) electrons. The third-order valence-electron chi connectivity index (χ3n) is 2.59. The topological polar surface area (TPSA) is 35.2 Å². The van der Waals surface area contributed by atoms with Gasteiger partial charge in [-0.15, -0.1) is 0 Å². The van der Waals surface area contributed by atoms with Gasteiger partial charge in [-0.25, -0.2) is 0 Å². The smallest absolute Gasteiger partial charge is 0.420 e. The van der Waals surface area contributed by atoms with Crippen molar-refractivity contribution in [1.29, 1.82) is 0 Å². The molecule has 2 rings (SSSR count). The molecular formula is C14H11ClF3NO. The number of nitrogen functional groups attached to an aromatic ring is 1. The van der Waals surface area contributed by atoms with Gasteiger partial charge in [0.1, 0.15) is 12.4 Å². The van der Waals surface area contributed by atoms with E-state index in [9.17, 15) is 13.2 Å². The van der Waals surface area contributed by atoms with E-state index >= 15 is 0 Å². The van der Waals surface area contributed by atoms with E-state index in [1.165, 1.54) is 12.1 Å². The van der Waals surface area contributed by atoms with Crippen molar-refractivity contribution in [3.63, 3.8) is 0 Å². The largest absolute Gasteiger partial charge is 0.488 e. The Morgan fingerprint density at radius 2 is 1.85 bits per heavy atom. The molecule has 0 aliphatic heterocycles. The fourth-order valence-electron chi connectivity index (χ4n) is 1.68. The summed E-state index contributed by atoms with van der Waals surface area (Å²) < 4.78 is 43.8. The van der Waals surface area contributed by atoms with E-state index in [0.29, 0.717) is 10.6 Å². The van der Waals surface area contributed by atoms with Crippen LogP contribution in [0.4, 0.5) is 18.9 Å². The number of anilines is 1. The standard InChI is InChI=1S/C14H11ClF3NO/c15-10-3-1-2-9(6-10)8-20-13-5-4-11(19)7-12(13)14(16,17)18/h1-7H,8,19H2. The summed E-state index contributed by atoms with van der Waals surface area (Å²) in [6.45, 7) is -0.00639. The highest BCUT2D eigenvalue weighted by atomic mass is 35.5. The quantitative estimate of drug-likeness (QED) is 0.846. The summed E-state index contributed by atoms with van der Waals surface area (Å²) in [6.07, 6.45) is -4.51. The van der Waals surface area contributed by atoms with Crippen molar-refractivity contribution < 1.29 is 17.9 Å². The summed E-state index contributed by atoms with van der Waals surface area (Å²) in [5.74, 6) is -0.258. The van der Waals surface area contributed by atoms with Crippen LogP contribution in [0.1, 0.15) is 11.1 Å². The molecule has 0 aromatic heterocycles. The molecule has 6 heteroatoms. The third-order valence-corrected chi connectivity index (χ3v) is 2.83. The zero-order valence-corrected chi connectivity index (χ0v) is 11.0. The second-order valence-electron chi connectivity index (χ2n) is 4.17. The van der Waals surface area contributed by atoms with Gasteiger partial charge in [0.05, 0.1) is 5.56 Å². The maximum atomic E-state index is 12.9. The molecule has 0 bridgehead atoms. The molecular weight excluding hydrogens is 291 g/mol. The fourth-order valence-corrected chi connectivity index (χ4v) is 1.90. The van der Waals surface area contributed by atoms with Gasteiger partial charge in [-0.2, -0.15) is 13.2 Å². The lowest BCUT2D eigenvalue weighted by molar-refractivity contribution is -0.139. The Morgan fingerprint density at radius 3 is 2.50 bits per heavy atom. The van der Waals surface area contributed by atoms with Gasteiger partial charge in [-0.05, 0) is 35.9 Å². The minimum Gasteiger partial charge on any atom is -0.488 e. The van der Waals surface area contributed by atoms with Crippen molar-refractivity contribution >= 4 is 17.3 Å². The van der Waals surface area contributed by atoms with Crippen LogP contribution < -0.4 is 10.5 Å². The van der Waals surface area contributed by atoms with Crippen LogP contribution in [0.5, 0.6) is 5.75 Å². The van der Waals surface area contributed by atoms with Gasteiger partial charge in [-0.1, -0.05) is 23.7 Å². The highest BCUT2D eigenvalue weighted by molar-refractivity contribution is 6.30. The summed E-state index contributed by atoms with van der Waals surface area (Å²) in [4.78, 5) is 0. The van der Waals surface area contributed by atoms with Crippen LogP contribution in [0.25, 0.3) is 0 Å². The van der Waals surface area contributed by atoms with E-state index < -0.39 is 11.7 Å². The first-order valence-electron chi connectivity index (χ1n) is 5.70. The van der Waals surface area contributed by atoms with Crippen LogP contribution in [-0.2, 0) is 12.8 Å². The molecule has 0 fully saturated rings. The minimum absolute atomic E-state index is 0.00639. The maximum Gasteiger partial charge on any atom is 0.420 e. The van der Waals surface area contributed by atoms with Crippen LogP contribution >= 0.6 is 11.6 Å². The number of alkyl halides is 3. The molecule has 0 saturated carbocycles. The second-order valence-corrected chi connectivity index (χ2v) is 4.61. The van der Waals surface area contributed by atoms with Gasteiger partial charge in [0.25, 0.3) is 0 Å². The lowest BCUT2D eigenvalue weighted by atomic mass is 10.1. The predicted molar refractivity (Wildman–Crippen MR) is 71.6 cm³/mol. The number of nitrogens with two attached hydrogens (primary N) is 1. The molecule has 2 aromatic rings. The molecule has 2 nitrogen and oxygen atoms in total. The van der Waals surface area contributed by atoms with E-state index in [1.54, 1.807) is 24.3 Å². The van der Waals surface area contributed by atoms with Crippen LogP contribution in [0.15, 0.2) is 42.5 Å². The molecule has 0 saturated heterocycles. The summed E-state index contributed by atoms with van der Waals surface area (Å²) in [6, 6.07) is 10.2. The van der Waals surface area contributed by atoms with Crippen LogP contribution in [-0.4, -0.2) is 0 Å². The van der Waals surface area contributed by atoms with Crippen molar-refractivity contribution in [3.05, 3.63) is 58.6 Å². The maximum absolute atomic E-state index is 12.9. The van der Waals surface area contributed by atoms with Crippen LogP contribution in [0, 0.1) is 0 Å². The molecule has 2 aromatic carbocycles. The van der Waals surface area contributed by atoms with Gasteiger partial charge in [0, 0.05) is 10.7 Å². The number of rotatable bonds is 3. The Balaban J connectivity index is 2.21. The van der Waals surface area contributed by atoms with Crippen molar-refractivity contribution in [2.24, 2.45) is 0 Å². The van der Waals surface area contributed by atoms with Gasteiger partial charge in [-0.3, -0.25) is 0 Å². The lowest BCUT2D eigenvalue weighted by Gasteiger charge is -2.14. The molecule has 0 aliphatic carbocycles. The van der Waals surface area contributed by atoms with Crippen molar-refractivity contribution in [2.75, 3.05) is 5.73 Å². The van der Waals surface area contributed by atoms with Crippen molar-refractivity contribution in [1.82, 2.24) is 0 Å². The Morgan fingerprint density at radius 1 is 1.10 bits per heavy atom. The van der Waals surface area contributed by atoms with Crippen molar-refractivity contribution in [3.8, 4) is 5.75 Å². The average molecular weight is 302 g/mol. The van der Waals surface area contributed by atoms with E-state index in [1.807, 2.05) is 0 Å². The summed E-state index contributed by atoms with van der Waals surface area (Å²) >= 11 is 5.80. The normalized spacial score (nSPS) is 11.4. The molecule has 0 amide bonds. The molecule has 20 heavy (non-hydrogen) atoms. The number of hydrogen-bond acceptors (Lipinski definition) is 2. The Bertz CT molecular complexity index is 614. The van der Waals surface area contributed by atoms with Gasteiger partial charge in [0.2, 0.25) is 0 Å². The predicted octanol–water partition coefficient (Wildman–Crippen LogP) is 4.52. The monoisotopic (exact) mass is 301 g/mol. The first kappa shape index (κ1) is 14.5. The lowest BCUT2D eigenvalue weighted by Crippen LogP contribution is -2.09. The van der Waals surface area contributed by atoms with Gasteiger partial charge in [0.15, 0.2) is 0 Å². The molecule has 2 N–H and O–H groups in total. The fraction of sp³-hybridized carbons (Fsp3) is 0.143. The zero-order valence-electron chi connectivity index (χ0n) is 10.2. The average Bonchev–Trinajstić information content (AvgIpc) is 2.36. The second kappa shape index (κ2) is 5.63. The van der Waals surface area contributed by atoms with E-state index in [0.717, 1.165) is 6.07 Å². The molecule has 0 heterocycles. The highest BCUT2D eigenvalue weighted by Crippen LogP contribution is 2.37. The van der Waals surface area contributed by atoms with Gasteiger partial charge < -0.3 is 10.5 Å². The minimum atomic E-state index is -4.51. The summed E-state index contributed by atoms with van der Waals surface area (Å²) in [7, 11) is 0. The molecule has 0 aliphatic rings. The zero-order chi connectivity index (χ0) is 14.8. The first-order valence-corrected chi connectivity index (χ1v) is 6.08. The van der Waals surface area contributed by atoms with E-state index in [4.69, 9.17) is 22.1 Å². The molecule has 0 spiro atoms. The third kappa shape index (κ3) is 3.57. The Labute approximate surface area is 118 Å². The number of benzene rings is 2. The SMILES string of the molecule is Nc1ccc(OCc2cccc(Cl)c2)c(C(F)(F)F)c1. The highest BCUT2D eigenvalue weighted by Gasteiger charge is 2.34. The van der Waals surface area contributed by atoms with Crippen LogP contribution in [0.2, 0.25) is 5.02 Å². The summed E-state index contributed by atoms with van der Waals surface area (Å²) in [5.41, 5.74) is 5.21. The number of hydrogen-bond donors (Lipinski definition) is 1. The Kier molecular flexibility index (Phi) is 4.09. The molecule has 0 unspecified atom stereocenters. The number of halogens is 4. The van der Waals surface area contributed by atoms with Gasteiger partial charge >= 0.3 is 6.18 Å². The van der Waals surface area contributed by atoms with Crippen molar-refractivity contribution in [2.45, 2.75) is 12.8 Å². The van der Waals surface area contributed by atoms with E-state index in [2.05, 4.69) is 0 Å².